The van der Waals surface area contributed by atoms with Crippen molar-refractivity contribution in [2.75, 3.05) is 7.11 Å². The van der Waals surface area contributed by atoms with Crippen molar-refractivity contribution < 1.29 is 27.6 Å². The lowest BCUT2D eigenvalue weighted by Gasteiger charge is -2.06. The Kier molecular flexibility index (Phi) is 3.61. The van der Waals surface area contributed by atoms with Crippen molar-refractivity contribution in [1.82, 2.24) is 4.98 Å². The van der Waals surface area contributed by atoms with E-state index in [2.05, 4.69) is 9.72 Å². The summed E-state index contributed by atoms with van der Waals surface area (Å²) in [5.41, 5.74) is -3.69. The van der Waals surface area contributed by atoms with Crippen LogP contribution in [0.15, 0.2) is 6.20 Å². The SMILES string of the molecule is COC(=O)c1c(F)ncc(C(F)F)c1[N+](=O)[O-]. The summed E-state index contributed by atoms with van der Waals surface area (Å²) in [7, 11) is 0.834. The van der Waals surface area contributed by atoms with Crippen molar-refractivity contribution in [3.05, 3.63) is 33.4 Å². The predicted molar refractivity (Wildman–Crippen MR) is 47.1 cm³/mol. The molecule has 1 heterocycles. The van der Waals surface area contributed by atoms with Gasteiger partial charge in [-0.05, 0) is 0 Å². The zero-order valence-electron chi connectivity index (χ0n) is 8.32. The minimum atomic E-state index is -3.26. The number of ether oxygens (including phenoxy) is 1. The van der Waals surface area contributed by atoms with Crippen LogP contribution in [0.4, 0.5) is 18.9 Å². The topological polar surface area (TPSA) is 82.3 Å². The lowest BCUT2D eigenvalue weighted by Crippen LogP contribution is -2.12. The number of hydrogen-bond donors (Lipinski definition) is 0. The summed E-state index contributed by atoms with van der Waals surface area (Å²) >= 11 is 0. The van der Waals surface area contributed by atoms with Gasteiger partial charge in [0.25, 0.3) is 12.1 Å². The average molecular weight is 250 g/mol. The number of aromatic nitrogens is 1. The normalized spacial score (nSPS) is 10.4. The Morgan fingerprint density at radius 1 is 1.59 bits per heavy atom. The van der Waals surface area contributed by atoms with Crippen LogP contribution in [0.2, 0.25) is 0 Å². The summed E-state index contributed by atoms with van der Waals surface area (Å²) in [5, 5.41) is 10.6. The number of hydrogen-bond acceptors (Lipinski definition) is 5. The van der Waals surface area contributed by atoms with Gasteiger partial charge in [0.15, 0.2) is 5.56 Å². The average Bonchev–Trinajstić information content (AvgIpc) is 2.26. The molecule has 0 aliphatic rings. The molecule has 0 saturated carbocycles. The Morgan fingerprint density at radius 2 is 2.18 bits per heavy atom. The third-order valence-electron chi connectivity index (χ3n) is 1.84. The molecule has 92 valence electrons. The second-order valence-corrected chi connectivity index (χ2v) is 2.78. The first-order chi connectivity index (χ1) is 7.90. The number of nitro groups is 1. The molecule has 17 heavy (non-hydrogen) atoms. The largest absolute Gasteiger partial charge is 0.465 e. The van der Waals surface area contributed by atoms with E-state index >= 15 is 0 Å². The Bertz CT molecular complexity index is 478. The summed E-state index contributed by atoms with van der Waals surface area (Å²) in [6, 6.07) is 0. The lowest BCUT2D eigenvalue weighted by atomic mass is 10.1. The smallest absolute Gasteiger partial charge is 0.349 e. The van der Waals surface area contributed by atoms with Crippen molar-refractivity contribution >= 4 is 11.7 Å². The maximum atomic E-state index is 13.1. The molecule has 0 spiro atoms. The molecule has 0 saturated heterocycles. The summed E-state index contributed by atoms with van der Waals surface area (Å²) in [6.07, 6.45) is -2.95. The Hall–Kier alpha value is -2.19. The number of carbonyl (C=O) groups excluding carboxylic acids is 1. The summed E-state index contributed by atoms with van der Waals surface area (Å²) in [4.78, 5) is 23.3. The quantitative estimate of drug-likeness (QED) is 0.354. The monoisotopic (exact) mass is 250 g/mol. The van der Waals surface area contributed by atoms with E-state index < -0.39 is 40.1 Å². The minimum Gasteiger partial charge on any atom is -0.465 e. The second kappa shape index (κ2) is 4.76. The summed E-state index contributed by atoms with van der Waals surface area (Å²) in [6.45, 7) is 0. The third-order valence-corrected chi connectivity index (χ3v) is 1.84. The molecule has 0 unspecified atom stereocenters. The Labute approximate surface area is 92.2 Å². The Morgan fingerprint density at radius 3 is 2.59 bits per heavy atom. The van der Waals surface area contributed by atoms with E-state index in [1.165, 1.54) is 0 Å². The molecule has 1 aromatic heterocycles. The summed E-state index contributed by atoms with van der Waals surface area (Å²) in [5.74, 6) is -2.97. The maximum absolute atomic E-state index is 13.1. The highest BCUT2D eigenvalue weighted by atomic mass is 19.3. The molecule has 0 aliphatic heterocycles. The maximum Gasteiger partial charge on any atom is 0.349 e. The van der Waals surface area contributed by atoms with Crippen LogP contribution >= 0.6 is 0 Å². The van der Waals surface area contributed by atoms with Crippen molar-refractivity contribution in [3.8, 4) is 0 Å². The standard InChI is InChI=1S/C8H5F3N2O4/c1-17-8(14)4-5(13(15)16)3(6(9)10)2-12-7(4)11/h2,6H,1H3. The summed E-state index contributed by atoms with van der Waals surface area (Å²) < 4.78 is 42.1. The van der Waals surface area contributed by atoms with Gasteiger partial charge in [0, 0.05) is 6.20 Å². The van der Waals surface area contributed by atoms with Gasteiger partial charge in [0.1, 0.15) is 5.56 Å². The number of rotatable bonds is 3. The molecule has 1 aromatic rings. The van der Waals surface area contributed by atoms with Crippen LogP contribution < -0.4 is 0 Å². The van der Waals surface area contributed by atoms with Gasteiger partial charge >= 0.3 is 5.97 Å². The molecule has 9 heteroatoms. The van der Waals surface area contributed by atoms with Crippen molar-refractivity contribution in [2.24, 2.45) is 0 Å². The van der Waals surface area contributed by atoms with Gasteiger partial charge in [-0.15, -0.1) is 0 Å². The second-order valence-electron chi connectivity index (χ2n) is 2.78. The van der Waals surface area contributed by atoms with Crippen LogP contribution in [0, 0.1) is 16.1 Å². The molecule has 0 aliphatic carbocycles. The molecule has 6 nitrogen and oxygen atoms in total. The van der Waals surface area contributed by atoms with E-state index in [1.807, 2.05) is 0 Å². The molecule has 0 aromatic carbocycles. The first-order valence-corrected chi connectivity index (χ1v) is 4.09. The third kappa shape index (κ3) is 2.32. The highest BCUT2D eigenvalue weighted by molar-refractivity contribution is 5.94. The van der Waals surface area contributed by atoms with Crippen LogP contribution in [-0.2, 0) is 4.74 Å². The van der Waals surface area contributed by atoms with Crippen molar-refractivity contribution in [3.63, 3.8) is 0 Å². The lowest BCUT2D eigenvalue weighted by molar-refractivity contribution is -0.386. The van der Waals surface area contributed by atoms with Crippen LogP contribution in [0.1, 0.15) is 22.3 Å². The zero-order chi connectivity index (χ0) is 13.2. The van der Waals surface area contributed by atoms with E-state index in [-0.39, 0.29) is 0 Å². The fraction of sp³-hybridized carbons (Fsp3) is 0.250. The molecule has 1 rings (SSSR count). The minimum absolute atomic E-state index is 0.310. The van der Waals surface area contributed by atoms with E-state index in [1.54, 1.807) is 0 Å². The molecule has 0 radical (unpaired) electrons. The molecular formula is C8H5F3N2O4. The van der Waals surface area contributed by atoms with Crippen LogP contribution in [0.5, 0.6) is 0 Å². The highest BCUT2D eigenvalue weighted by Crippen LogP contribution is 2.32. The molecule has 0 amide bonds. The van der Waals surface area contributed by atoms with E-state index in [0.29, 0.717) is 6.20 Å². The molecule has 0 bridgehead atoms. The van der Waals surface area contributed by atoms with Gasteiger partial charge in [-0.3, -0.25) is 10.1 Å². The number of pyridine rings is 1. The number of methoxy groups -OCH3 is 1. The number of halogens is 3. The van der Waals surface area contributed by atoms with Crippen molar-refractivity contribution in [2.45, 2.75) is 6.43 Å². The van der Waals surface area contributed by atoms with Gasteiger partial charge in [-0.1, -0.05) is 0 Å². The zero-order valence-corrected chi connectivity index (χ0v) is 8.32. The Balaban J connectivity index is 3.60. The van der Waals surface area contributed by atoms with Gasteiger partial charge in [0.2, 0.25) is 5.95 Å². The van der Waals surface area contributed by atoms with E-state index in [0.717, 1.165) is 7.11 Å². The molecule has 0 N–H and O–H groups in total. The highest BCUT2D eigenvalue weighted by Gasteiger charge is 2.33. The molecular weight excluding hydrogens is 245 g/mol. The van der Waals surface area contributed by atoms with Gasteiger partial charge in [0.05, 0.1) is 12.0 Å². The first kappa shape index (κ1) is 12.9. The number of carbonyl (C=O) groups is 1. The number of esters is 1. The molecule has 0 atom stereocenters. The fourth-order valence-corrected chi connectivity index (χ4v) is 1.13. The van der Waals surface area contributed by atoms with Gasteiger partial charge in [-0.2, -0.15) is 4.39 Å². The van der Waals surface area contributed by atoms with Crippen LogP contribution in [0.25, 0.3) is 0 Å². The predicted octanol–water partition coefficient (Wildman–Crippen LogP) is 1.85. The van der Waals surface area contributed by atoms with Crippen molar-refractivity contribution in [1.29, 1.82) is 0 Å². The van der Waals surface area contributed by atoms with Crippen LogP contribution in [0.3, 0.4) is 0 Å². The van der Waals surface area contributed by atoms with E-state index in [9.17, 15) is 28.1 Å². The first-order valence-electron chi connectivity index (χ1n) is 4.09. The number of nitrogens with zero attached hydrogens (tertiary/aromatic N) is 2. The van der Waals surface area contributed by atoms with Gasteiger partial charge in [-0.25, -0.2) is 18.6 Å². The molecule has 0 fully saturated rings. The van der Waals surface area contributed by atoms with E-state index in [4.69, 9.17) is 0 Å². The fourth-order valence-electron chi connectivity index (χ4n) is 1.13. The number of alkyl halides is 2. The van der Waals surface area contributed by atoms with Crippen LogP contribution in [-0.4, -0.2) is 23.0 Å². The van der Waals surface area contributed by atoms with Gasteiger partial charge < -0.3 is 4.74 Å².